The number of hydrogen-bond acceptors (Lipinski definition) is 1. The predicted molar refractivity (Wildman–Crippen MR) is 58.2 cm³/mol. The quantitative estimate of drug-likeness (QED) is 0.658. The van der Waals surface area contributed by atoms with E-state index in [1.54, 1.807) is 11.1 Å². The lowest BCUT2D eigenvalue weighted by atomic mass is 9.70. The number of benzene rings is 1. The van der Waals surface area contributed by atoms with Crippen LogP contribution in [-0.4, -0.2) is 6.54 Å². The summed E-state index contributed by atoms with van der Waals surface area (Å²) in [5.41, 5.74) is 3.64. The van der Waals surface area contributed by atoms with Gasteiger partial charge in [-0.05, 0) is 42.3 Å². The molecular weight excluding hydrogens is 170 g/mol. The summed E-state index contributed by atoms with van der Waals surface area (Å²) in [7, 11) is 0. The maximum Gasteiger partial charge on any atom is 0.0377 e. The van der Waals surface area contributed by atoms with Crippen LogP contribution in [0.1, 0.15) is 36.9 Å². The molecule has 0 aromatic heterocycles. The van der Waals surface area contributed by atoms with E-state index in [0.717, 1.165) is 0 Å². The zero-order valence-corrected chi connectivity index (χ0v) is 8.72. The molecule has 14 heavy (non-hydrogen) atoms. The van der Waals surface area contributed by atoms with Crippen molar-refractivity contribution in [1.82, 2.24) is 5.32 Å². The first-order chi connectivity index (χ1) is 6.80. The normalized spacial score (nSPS) is 35.1. The fourth-order valence-corrected chi connectivity index (χ4v) is 3.11. The van der Waals surface area contributed by atoms with E-state index in [1.165, 1.54) is 25.8 Å². The Morgan fingerprint density at radius 1 is 1.29 bits per heavy atom. The Kier molecular flexibility index (Phi) is 1.72. The molecule has 0 bridgehead atoms. The Morgan fingerprint density at radius 3 is 3.07 bits per heavy atom. The Hall–Kier alpha value is -0.820. The van der Waals surface area contributed by atoms with Crippen LogP contribution in [0.2, 0.25) is 0 Å². The molecule has 1 nitrogen and oxygen atoms in total. The maximum absolute atomic E-state index is 3.66. The molecule has 1 aromatic rings. The van der Waals surface area contributed by atoms with Crippen LogP contribution in [0.3, 0.4) is 0 Å². The first kappa shape index (κ1) is 8.49. The molecule has 1 heteroatoms. The first-order valence-corrected chi connectivity index (χ1v) is 5.61. The third-order valence-electron chi connectivity index (χ3n) is 4.07. The second kappa shape index (κ2) is 2.83. The smallest absolute Gasteiger partial charge is 0.0377 e. The van der Waals surface area contributed by atoms with Gasteiger partial charge in [0, 0.05) is 6.04 Å². The third-order valence-corrected chi connectivity index (χ3v) is 4.07. The van der Waals surface area contributed by atoms with Gasteiger partial charge in [0.05, 0.1) is 0 Å². The first-order valence-electron chi connectivity index (χ1n) is 5.61. The molecule has 1 heterocycles. The minimum absolute atomic E-state index is 0.522. The highest BCUT2D eigenvalue weighted by atomic mass is 15.0. The second-order valence-corrected chi connectivity index (χ2v) is 4.99. The van der Waals surface area contributed by atoms with Crippen LogP contribution in [0.25, 0.3) is 0 Å². The van der Waals surface area contributed by atoms with Crippen LogP contribution < -0.4 is 5.32 Å². The molecule has 1 fully saturated rings. The topological polar surface area (TPSA) is 12.0 Å². The van der Waals surface area contributed by atoms with Gasteiger partial charge >= 0.3 is 0 Å². The van der Waals surface area contributed by atoms with Gasteiger partial charge < -0.3 is 5.32 Å². The highest BCUT2D eigenvalue weighted by Crippen LogP contribution is 2.48. The lowest BCUT2D eigenvalue weighted by molar-refractivity contribution is 0.243. The van der Waals surface area contributed by atoms with Gasteiger partial charge in [0.1, 0.15) is 0 Å². The standard InChI is InChI=1S/C13H17N/c1-13-7-6-10-4-2-3-5-11(10)12(13)14-9-8-13/h2-5,12,14H,6-9H2,1H3. The average Bonchev–Trinajstić information content (AvgIpc) is 2.60. The van der Waals surface area contributed by atoms with Crippen molar-refractivity contribution in [3.8, 4) is 0 Å². The monoisotopic (exact) mass is 187 g/mol. The SMILES string of the molecule is CC12CCNC1c1ccccc1CC2. The van der Waals surface area contributed by atoms with Crippen molar-refractivity contribution in [3.05, 3.63) is 35.4 Å². The summed E-state index contributed by atoms with van der Waals surface area (Å²) < 4.78 is 0. The Morgan fingerprint density at radius 2 is 2.14 bits per heavy atom. The molecule has 1 saturated heterocycles. The van der Waals surface area contributed by atoms with E-state index in [2.05, 4.69) is 36.5 Å². The van der Waals surface area contributed by atoms with Crippen LogP contribution in [0.4, 0.5) is 0 Å². The van der Waals surface area contributed by atoms with Gasteiger partial charge in [-0.2, -0.15) is 0 Å². The summed E-state index contributed by atoms with van der Waals surface area (Å²) in [6, 6.07) is 9.54. The average molecular weight is 187 g/mol. The summed E-state index contributed by atoms with van der Waals surface area (Å²) in [5.74, 6) is 0. The molecule has 74 valence electrons. The van der Waals surface area contributed by atoms with Gasteiger partial charge in [-0.15, -0.1) is 0 Å². The largest absolute Gasteiger partial charge is 0.309 e. The van der Waals surface area contributed by atoms with Gasteiger partial charge in [-0.1, -0.05) is 31.2 Å². The van der Waals surface area contributed by atoms with Gasteiger partial charge in [0.15, 0.2) is 0 Å². The van der Waals surface area contributed by atoms with Crippen LogP contribution in [0.5, 0.6) is 0 Å². The zero-order chi connectivity index (χ0) is 9.60. The van der Waals surface area contributed by atoms with Crippen molar-refractivity contribution in [2.24, 2.45) is 5.41 Å². The molecule has 0 radical (unpaired) electrons. The van der Waals surface area contributed by atoms with E-state index in [0.29, 0.717) is 11.5 Å². The molecule has 2 atom stereocenters. The minimum Gasteiger partial charge on any atom is -0.309 e. The summed E-state index contributed by atoms with van der Waals surface area (Å²) in [6.45, 7) is 3.63. The fourth-order valence-electron chi connectivity index (χ4n) is 3.11. The van der Waals surface area contributed by atoms with Crippen molar-refractivity contribution in [2.45, 2.75) is 32.2 Å². The van der Waals surface area contributed by atoms with Gasteiger partial charge in [-0.3, -0.25) is 0 Å². The number of hydrogen-bond donors (Lipinski definition) is 1. The molecule has 0 amide bonds. The summed E-state index contributed by atoms with van der Waals surface area (Å²) in [6.07, 6.45) is 3.96. The van der Waals surface area contributed by atoms with Crippen LogP contribution >= 0.6 is 0 Å². The highest BCUT2D eigenvalue weighted by Gasteiger charge is 2.42. The Labute approximate surface area is 85.5 Å². The Balaban J connectivity index is 2.10. The lowest BCUT2D eigenvalue weighted by Crippen LogP contribution is -2.31. The van der Waals surface area contributed by atoms with Crippen molar-refractivity contribution in [3.63, 3.8) is 0 Å². The van der Waals surface area contributed by atoms with Crippen molar-refractivity contribution >= 4 is 0 Å². The van der Waals surface area contributed by atoms with Crippen molar-refractivity contribution in [2.75, 3.05) is 6.54 Å². The van der Waals surface area contributed by atoms with E-state index >= 15 is 0 Å². The molecule has 0 spiro atoms. The molecule has 3 rings (SSSR count). The molecule has 1 aliphatic heterocycles. The van der Waals surface area contributed by atoms with Gasteiger partial charge in [-0.25, -0.2) is 0 Å². The second-order valence-electron chi connectivity index (χ2n) is 4.99. The summed E-state index contributed by atoms with van der Waals surface area (Å²) in [4.78, 5) is 0. The van der Waals surface area contributed by atoms with Crippen molar-refractivity contribution in [1.29, 1.82) is 0 Å². The summed E-state index contributed by atoms with van der Waals surface area (Å²) >= 11 is 0. The number of rotatable bonds is 0. The Bertz CT molecular complexity index is 358. The molecule has 2 unspecified atom stereocenters. The molecule has 1 aliphatic carbocycles. The van der Waals surface area contributed by atoms with Crippen molar-refractivity contribution < 1.29 is 0 Å². The van der Waals surface area contributed by atoms with Gasteiger partial charge in [0.25, 0.3) is 0 Å². The molecule has 0 saturated carbocycles. The maximum atomic E-state index is 3.66. The van der Waals surface area contributed by atoms with Crippen LogP contribution in [0.15, 0.2) is 24.3 Å². The number of aryl methyl sites for hydroxylation is 1. The molecule has 1 aromatic carbocycles. The molecule has 2 aliphatic rings. The molecular formula is C13H17N. The zero-order valence-electron chi connectivity index (χ0n) is 8.72. The molecule has 1 N–H and O–H groups in total. The van der Waals surface area contributed by atoms with E-state index in [4.69, 9.17) is 0 Å². The van der Waals surface area contributed by atoms with Gasteiger partial charge in [0.2, 0.25) is 0 Å². The van der Waals surface area contributed by atoms with E-state index in [9.17, 15) is 0 Å². The van der Waals surface area contributed by atoms with E-state index in [-0.39, 0.29) is 0 Å². The van der Waals surface area contributed by atoms with Crippen LogP contribution in [0, 0.1) is 5.41 Å². The fraction of sp³-hybridized carbons (Fsp3) is 0.538. The lowest BCUT2D eigenvalue weighted by Gasteiger charge is -2.37. The minimum atomic E-state index is 0.522. The number of nitrogens with one attached hydrogen (secondary N) is 1. The van der Waals surface area contributed by atoms with E-state index < -0.39 is 0 Å². The van der Waals surface area contributed by atoms with Crippen LogP contribution in [-0.2, 0) is 6.42 Å². The third kappa shape index (κ3) is 1.05. The van der Waals surface area contributed by atoms with E-state index in [1.807, 2.05) is 0 Å². The summed E-state index contributed by atoms with van der Waals surface area (Å²) in [5, 5.41) is 3.66. The predicted octanol–water partition coefficient (Wildman–Crippen LogP) is 2.67. The number of fused-ring (bicyclic) bond motifs is 3. The highest BCUT2D eigenvalue weighted by molar-refractivity contribution is 5.35.